The molecule has 0 aromatic heterocycles. The van der Waals surface area contributed by atoms with Gasteiger partial charge in [-0.3, -0.25) is 4.79 Å². The number of aliphatic hydroxyl groups is 1. The number of carbonyl (C=O) groups is 1. The Labute approximate surface area is 111 Å². The minimum atomic E-state index is -0.426. The predicted molar refractivity (Wildman–Crippen MR) is 72.1 cm³/mol. The van der Waals surface area contributed by atoms with Crippen LogP contribution in [0.4, 0.5) is 0 Å². The molecule has 2 saturated carbocycles. The SMILES string of the molecule is CC(O)CN(C)C(=O)C1CCC2CCCCC2C1. The maximum Gasteiger partial charge on any atom is 0.225 e. The Hall–Kier alpha value is -0.570. The van der Waals surface area contributed by atoms with Crippen LogP contribution in [0.15, 0.2) is 0 Å². The van der Waals surface area contributed by atoms with Crippen molar-refractivity contribution < 1.29 is 9.90 Å². The standard InChI is InChI=1S/C15H27NO2/c1-11(17)10-16(2)15(18)14-8-7-12-5-3-4-6-13(12)9-14/h11-14,17H,3-10H2,1-2H3. The lowest BCUT2D eigenvalue weighted by molar-refractivity contribution is -0.137. The van der Waals surface area contributed by atoms with Gasteiger partial charge < -0.3 is 10.0 Å². The number of hydrogen-bond donors (Lipinski definition) is 1. The first-order valence-electron chi connectivity index (χ1n) is 7.51. The van der Waals surface area contributed by atoms with Gasteiger partial charge in [0.25, 0.3) is 0 Å². The Kier molecular flexibility index (Phi) is 4.66. The zero-order valence-electron chi connectivity index (χ0n) is 11.8. The van der Waals surface area contributed by atoms with Gasteiger partial charge in [0.15, 0.2) is 0 Å². The van der Waals surface area contributed by atoms with Crippen LogP contribution < -0.4 is 0 Å². The Morgan fingerprint density at radius 1 is 1.22 bits per heavy atom. The van der Waals surface area contributed by atoms with Crippen molar-refractivity contribution in [2.75, 3.05) is 13.6 Å². The van der Waals surface area contributed by atoms with Crippen molar-refractivity contribution in [2.24, 2.45) is 17.8 Å². The molecule has 0 aromatic rings. The topological polar surface area (TPSA) is 40.5 Å². The Morgan fingerprint density at radius 2 is 1.89 bits per heavy atom. The maximum absolute atomic E-state index is 12.3. The summed E-state index contributed by atoms with van der Waals surface area (Å²) in [4.78, 5) is 14.0. The van der Waals surface area contributed by atoms with Gasteiger partial charge in [-0.2, -0.15) is 0 Å². The van der Waals surface area contributed by atoms with Crippen LogP contribution in [-0.2, 0) is 4.79 Å². The van der Waals surface area contributed by atoms with Crippen LogP contribution in [0.1, 0.15) is 51.9 Å². The Balaban J connectivity index is 1.88. The average molecular weight is 253 g/mol. The molecule has 2 aliphatic rings. The number of amides is 1. The van der Waals surface area contributed by atoms with Crippen LogP contribution in [0.25, 0.3) is 0 Å². The summed E-state index contributed by atoms with van der Waals surface area (Å²) < 4.78 is 0. The molecule has 0 saturated heterocycles. The molecule has 4 unspecified atom stereocenters. The normalized spacial score (nSPS) is 33.6. The molecule has 0 aromatic carbocycles. The second-order valence-corrected chi connectivity index (χ2v) is 6.38. The molecule has 1 N–H and O–H groups in total. The van der Waals surface area contributed by atoms with E-state index in [2.05, 4.69) is 0 Å². The van der Waals surface area contributed by atoms with E-state index < -0.39 is 6.10 Å². The zero-order valence-corrected chi connectivity index (χ0v) is 11.8. The molecule has 1 amide bonds. The highest BCUT2D eigenvalue weighted by atomic mass is 16.3. The number of rotatable bonds is 3. The molecule has 0 spiro atoms. The lowest BCUT2D eigenvalue weighted by Gasteiger charge is -2.39. The summed E-state index contributed by atoms with van der Waals surface area (Å²) in [5.74, 6) is 2.15. The van der Waals surface area contributed by atoms with Crippen molar-refractivity contribution >= 4 is 5.91 Å². The highest BCUT2D eigenvalue weighted by Gasteiger charge is 2.35. The number of carbonyl (C=O) groups excluding carboxylic acids is 1. The van der Waals surface area contributed by atoms with E-state index in [0.29, 0.717) is 6.54 Å². The van der Waals surface area contributed by atoms with Crippen LogP contribution in [0.2, 0.25) is 0 Å². The van der Waals surface area contributed by atoms with E-state index >= 15 is 0 Å². The minimum Gasteiger partial charge on any atom is -0.392 e. The molecule has 0 radical (unpaired) electrons. The highest BCUT2D eigenvalue weighted by Crippen LogP contribution is 2.43. The summed E-state index contributed by atoms with van der Waals surface area (Å²) in [5.41, 5.74) is 0. The van der Waals surface area contributed by atoms with Gasteiger partial charge >= 0.3 is 0 Å². The van der Waals surface area contributed by atoms with Gasteiger partial charge in [0, 0.05) is 19.5 Å². The van der Waals surface area contributed by atoms with E-state index in [1.54, 1.807) is 11.8 Å². The quantitative estimate of drug-likeness (QED) is 0.839. The number of aliphatic hydroxyl groups excluding tert-OH is 1. The maximum atomic E-state index is 12.3. The third kappa shape index (κ3) is 3.25. The molecule has 3 nitrogen and oxygen atoms in total. The average Bonchev–Trinajstić information content (AvgIpc) is 2.36. The number of nitrogens with zero attached hydrogens (tertiary/aromatic N) is 1. The van der Waals surface area contributed by atoms with Gasteiger partial charge in [0.05, 0.1) is 6.10 Å². The monoisotopic (exact) mass is 253 g/mol. The molecule has 0 aliphatic heterocycles. The fraction of sp³-hybridized carbons (Fsp3) is 0.933. The van der Waals surface area contributed by atoms with E-state index in [1.165, 1.54) is 32.1 Å². The van der Waals surface area contributed by atoms with Crippen LogP contribution in [0.5, 0.6) is 0 Å². The number of fused-ring (bicyclic) bond motifs is 1. The smallest absolute Gasteiger partial charge is 0.225 e. The van der Waals surface area contributed by atoms with Crippen LogP contribution in [0, 0.1) is 17.8 Å². The molecule has 104 valence electrons. The first-order valence-corrected chi connectivity index (χ1v) is 7.51. The Morgan fingerprint density at radius 3 is 2.56 bits per heavy atom. The fourth-order valence-corrected chi connectivity index (χ4v) is 3.90. The fourth-order valence-electron chi connectivity index (χ4n) is 3.90. The van der Waals surface area contributed by atoms with Gasteiger partial charge in [0.1, 0.15) is 0 Å². The lowest BCUT2D eigenvalue weighted by atomic mass is 9.67. The van der Waals surface area contributed by atoms with Crippen molar-refractivity contribution in [2.45, 2.75) is 58.0 Å². The van der Waals surface area contributed by atoms with Crippen LogP contribution in [-0.4, -0.2) is 35.6 Å². The molecular formula is C15H27NO2. The third-order valence-electron chi connectivity index (χ3n) is 4.80. The van der Waals surface area contributed by atoms with E-state index in [4.69, 9.17) is 0 Å². The van der Waals surface area contributed by atoms with Gasteiger partial charge in [-0.05, 0) is 38.0 Å². The van der Waals surface area contributed by atoms with Crippen LogP contribution in [0.3, 0.4) is 0 Å². The summed E-state index contributed by atoms with van der Waals surface area (Å²) in [5, 5.41) is 9.36. The second kappa shape index (κ2) is 6.05. The van der Waals surface area contributed by atoms with Gasteiger partial charge in [-0.1, -0.05) is 25.7 Å². The highest BCUT2D eigenvalue weighted by molar-refractivity contribution is 5.78. The Bertz CT molecular complexity index is 290. The van der Waals surface area contributed by atoms with Gasteiger partial charge in [-0.25, -0.2) is 0 Å². The summed E-state index contributed by atoms with van der Waals surface area (Å²) in [7, 11) is 1.82. The van der Waals surface area contributed by atoms with E-state index in [1.807, 2.05) is 7.05 Å². The van der Waals surface area contributed by atoms with E-state index in [-0.39, 0.29) is 11.8 Å². The number of hydrogen-bond acceptors (Lipinski definition) is 2. The van der Waals surface area contributed by atoms with Gasteiger partial charge in [-0.15, -0.1) is 0 Å². The largest absolute Gasteiger partial charge is 0.392 e. The summed E-state index contributed by atoms with van der Waals surface area (Å²) in [6.07, 6.45) is 8.42. The predicted octanol–water partition coefficient (Wildman–Crippen LogP) is 2.43. The van der Waals surface area contributed by atoms with Crippen molar-refractivity contribution in [1.29, 1.82) is 0 Å². The lowest BCUT2D eigenvalue weighted by Crippen LogP contribution is -2.40. The van der Waals surface area contributed by atoms with Crippen molar-refractivity contribution in [1.82, 2.24) is 4.90 Å². The molecule has 2 rings (SSSR count). The van der Waals surface area contributed by atoms with Crippen molar-refractivity contribution in [3.8, 4) is 0 Å². The molecule has 4 atom stereocenters. The van der Waals surface area contributed by atoms with Crippen molar-refractivity contribution in [3.63, 3.8) is 0 Å². The van der Waals surface area contributed by atoms with Crippen LogP contribution >= 0.6 is 0 Å². The summed E-state index contributed by atoms with van der Waals surface area (Å²) >= 11 is 0. The zero-order chi connectivity index (χ0) is 13.1. The second-order valence-electron chi connectivity index (χ2n) is 6.38. The first kappa shape index (κ1) is 13.9. The van der Waals surface area contributed by atoms with E-state index in [0.717, 1.165) is 24.7 Å². The number of likely N-dealkylation sites (N-methyl/N-ethyl adjacent to an activating group) is 1. The molecule has 2 fully saturated rings. The minimum absolute atomic E-state index is 0.216. The molecule has 2 aliphatic carbocycles. The molecule has 18 heavy (non-hydrogen) atoms. The molecule has 0 heterocycles. The van der Waals surface area contributed by atoms with Gasteiger partial charge in [0.2, 0.25) is 5.91 Å². The molecule has 0 bridgehead atoms. The molecule has 3 heteroatoms. The third-order valence-corrected chi connectivity index (χ3v) is 4.80. The summed E-state index contributed by atoms with van der Waals surface area (Å²) in [6, 6.07) is 0. The molecular weight excluding hydrogens is 226 g/mol. The first-order chi connectivity index (χ1) is 8.58. The van der Waals surface area contributed by atoms with E-state index in [9.17, 15) is 9.90 Å². The summed E-state index contributed by atoms with van der Waals surface area (Å²) in [6.45, 7) is 2.20. The van der Waals surface area contributed by atoms with Crippen molar-refractivity contribution in [3.05, 3.63) is 0 Å².